The predicted octanol–water partition coefficient (Wildman–Crippen LogP) is 2.63. The molecule has 8 nitrogen and oxygen atoms in total. The lowest BCUT2D eigenvalue weighted by Crippen LogP contribution is -2.49. The summed E-state index contributed by atoms with van der Waals surface area (Å²) >= 11 is 6.06. The molecule has 140 valence electrons. The van der Waals surface area contributed by atoms with Crippen LogP contribution in [-0.4, -0.2) is 29.8 Å². The highest BCUT2D eigenvalue weighted by Gasteiger charge is 2.21. The zero-order chi connectivity index (χ0) is 19.3. The highest BCUT2D eigenvalue weighted by Crippen LogP contribution is 2.33. The fourth-order valence-electron chi connectivity index (χ4n) is 2.25. The van der Waals surface area contributed by atoms with E-state index in [1.54, 1.807) is 24.3 Å². The summed E-state index contributed by atoms with van der Waals surface area (Å²) in [7, 11) is 1.39. The minimum atomic E-state index is -0.609. The molecule has 2 aromatic rings. The van der Waals surface area contributed by atoms with Crippen molar-refractivity contribution in [1.82, 2.24) is 5.01 Å². The van der Waals surface area contributed by atoms with Crippen molar-refractivity contribution >= 4 is 23.3 Å². The van der Waals surface area contributed by atoms with Gasteiger partial charge >= 0.3 is 6.03 Å². The Morgan fingerprint density at radius 3 is 2.54 bits per heavy atom. The van der Waals surface area contributed by atoms with Crippen molar-refractivity contribution in [1.29, 1.82) is 0 Å². The van der Waals surface area contributed by atoms with Crippen molar-refractivity contribution in [2.24, 2.45) is 11.7 Å². The molecule has 0 atom stereocenters. The molecular weight excluding hydrogens is 360 g/mol. The lowest BCUT2D eigenvalue weighted by atomic mass is 10.1. The second-order valence-corrected chi connectivity index (χ2v) is 5.76. The van der Waals surface area contributed by atoms with Crippen molar-refractivity contribution < 1.29 is 19.4 Å². The molecule has 0 aromatic heterocycles. The molecule has 0 fully saturated rings. The number of benzene rings is 2. The number of rotatable bonds is 6. The van der Waals surface area contributed by atoms with Crippen LogP contribution in [-0.2, 0) is 6.61 Å². The van der Waals surface area contributed by atoms with Gasteiger partial charge in [0.1, 0.15) is 23.9 Å². The summed E-state index contributed by atoms with van der Waals surface area (Å²) in [5.74, 6) is 12.3. The Bertz CT molecular complexity index is 785. The Hall–Kier alpha value is -2.68. The fraction of sp³-hybridized carbons (Fsp3) is 0.235. The predicted molar refractivity (Wildman–Crippen MR) is 99.1 cm³/mol. The number of nitrogens with two attached hydrogens (primary N) is 2. The topological polar surface area (TPSA) is 114 Å². The van der Waals surface area contributed by atoms with Gasteiger partial charge in [-0.15, -0.1) is 0 Å². The van der Waals surface area contributed by atoms with Gasteiger partial charge in [-0.25, -0.2) is 21.5 Å². The van der Waals surface area contributed by atoms with E-state index in [0.29, 0.717) is 29.4 Å². The van der Waals surface area contributed by atoms with Gasteiger partial charge in [0.15, 0.2) is 0 Å². The first-order valence-corrected chi connectivity index (χ1v) is 8.16. The maximum absolute atomic E-state index is 12.1. The molecule has 0 heterocycles. The third kappa shape index (κ3) is 4.48. The molecule has 0 aliphatic rings. The number of carbonyl (C=O) groups is 1. The smallest absolute Gasteiger partial charge is 0.352 e. The molecule has 26 heavy (non-hydrogen) atoms. The maximum atomic E-state index is 12.1. The van der Waals surface area contributed by atoms with E-state index in [1.807, 2.05) is 6.92 Å². The third-order valence-corrected chi connectivity index (χ3v) is 3.76. The summed E-state index contributed by atoms with van der Waals surface area (Å²) in [5.41, 5.74) is 0.935. The minimum Gasteiger partial charge on any atom is -0.508 e. The maximum Gasteiger partial charge on any atom is 0.352 e. The van der Waals surface area contributed by atoms with Crippen LogP contribution < -0.4 is 26.2 Å². The summed E-state index contributed by atoms with van der Waals surface area (Å²) in [6, 6.07) is 8.87. The van der Waals surface area contributed by atoms with E-state index in [1.165, 1.54) is 19.2 Å². The number of phenolic OH excluding ortho intramolecular Hbond substituents is 1. The van der Waals surface area contributed by atoms with Crippen LogP contribution in [0.2, 0.25) is 5.02 Å². The molecule has 0 saturated heterocycles. The first-order chi connectivity index (χ1) is 12.3. The van der Waals surface area contributed by atoms with E-state index in [2.05, 4.69) is 0 Å². The van der Waals surface area contributed by atoms with Crippen LogP contribution in [0, 0.1) is 0 Å². The largest absolute Gasteiger partial charge is 0.508 e. The first-order valence-electron chi connectivity index (χ1n) is 7.78. The van der Waals surface area contributed by atoms with E-state index >= 15 is 0 Å². The van der Waals surface area contributed by atoms with Crippen LogP contribution in [0.25, 0.3) is 0 Å². The van der Waals surface area contributed by atoms with E-state index < -0.39 is 6.03 Å². The number of amides is 2. The quantitative estimate of drug-likeness (QED) is 0.403. The van der Waals surface area contributed by atoms with Gasteiger partial charge in [-0.05, 0) is 31.2 Å². The molecule has 5 N–H and O–H groups in total. The number of ether oxygens (including phenoxy) is 2. The zero-order valence-corrected chi connectivity index (χ0v) is 15.2. The van der Waals surface area contributed by atoms with Gasteiger partial charge in [0.25, 0.3) is 0 Å². The summed E-state index contributed by atoms with van der Waals surface area (Å²) in [6.07, 6.45) is 0. The van der Waals surface area contributed by atoms with Gasteiger partial charge in [0, 0.05) is 13.1 Å². The Balaban J connectivity index is 2.36. The first kappa shape index (κ1) is 19.6. The fourth-order valence-corrected chi connectivity index (χ4v) is 2.47. The van der Waals surface area contributed by atoms with Gasteiger partial charge < -0.3 is 14.6 Å². The number of aromatic hydroxyl groups is 1. The second kappa shape index (κ2) is 8.61. The molecule has 9 heteroatoms. The van der Waals surface area contributed by atoms with E-state index in [-0.39, 0.29) is 17.4 Å². The van der Waals surface area contributed by atoms with Crippen LogP contribution in [0.3, 0.4) is 0 Å². The van der Waals surface area contributed by atoms with Crippen LogP contribution in [0.15, 0.2) is 36.4 Å². The van der Waals surface area contributed by atoms with E-state index in [0.717, 1.165) is 10.0 Å². The molecule has 0 aliphatic carbocycles. The Labute approximate surface area is 156 Å². The molecule has 0 bridgehead atoms. The molecule has 2 aromatic carbocycles. The van der Waals surface area contributed by atoms with Crippen LogP contribution in [0.4, 0.5) is 10.5 Å². The summed E-state index contributed by atoms with van der Waals surface area (Å²) in [6.45, 7) is 2.30. The monoisotopic (exact) mass is 380 g/mol. The number of anilines is 1. The van der Waals surface area contributed by atoms with Crippen LogP contribution in [0.5, 0.6) is 17.2 Å². The lowest BCUT2D eigenvalue weighted by molar-refractivity contribution is 0.216. The van der Waals surface area contributed by atoms with Crippen LogP contribution in [0.1, 0.15) is 12.5 Å². The highest BCUT2D eigenvalue weighted by atomic mass is 35.5. The standard InChI is InChI=1S/C17H21ClN4O4/c1-3-25-15-6-4-5-14(22(20)17(24)21(2)19)12(15)10-26-16-8-7-11(23)9-13(16)18/h4-9,23H,3,10,19-20H2,1-2H3. The molecule has 2 amide bonds. The number of hydrogen-bond acceptors (Lipinski definition) is 6. The van der Waals surface area contributed by atoms with Gasteiger partial charge in [0.05, 0.1) is 22.9 Å². The summed E-state index contributed by atoms with van der Waals surface area (Å²) in [5, 5.41) is 11.5. The number of hydrogen-bond donors (Lipinski definition) is 3. The van der Waals surface area contributed by atoms with E-state index in [9.17, 15) is 9.90 Å². The van der Waals surface area contributed by atoms with Crippen LogP contribution >= 0.6 is 11.6 Å². The SMILES string of the molecule is CCOc1cccc(N(N)C(=O)N(C)N)c1COc1ccc(O)cc1Cl. The Morgan fingerprint density at radius 2 is 1.92 bits per heavy atom. The molecule has 0 unspecified atom stereocenters. The highest BCUT2D eigenvalue weighted by molar-refractivity contribution is 6.32. The molecular formula is C17H21ClN4O4. The number of phenols is 1. The minimum absolute atomic E-state index is 0.0301. The zero-order valence-electron chi connectivity index (χ0n) is 14.5. The normalized spacial score (nSPS) is 10.3. The van der Waals surface area contributed by atoms with E-state index in [4.69, 9.17) is 32.8 Å². The summed E-state index contributed by atoms with van der Waals surface area (Å²) in [4.78, 5) is 12.1. The number of hydrazine groups is 2. The van der Waals surface area contributed by atoms with Crippen molar-refractivity contribution in [3.8, 4) is 17.2 Å². The molecule has 0 aliphatic heterocycles. The average Bonchev–Trinajstić information content (AvgIpc) is 2.60. The van der Waals surface area contributed by atoms with Crippen molar-refractivity contribution in [3.63, 3.8) is 0 Å². The van der Waals surface area contributed by atoms with Crippen molar-refractivity contribution in [3.05, 3.63) is 47.0 Å². The lowest BCUT2D eigenvalue weighted by Gasteiger charge is -2.24. The molecule has 0 saturated carbocycles. The Morgan fingerprint density at radius 1 is 1.19 bits per heavy atom. The number of halogens is 1. The molecule has 2 rings (SSSR count). The van der Waals surface area contributed by atoms with Gasteiger partial charge in [-0.1, -0.05) is 17.7 Å². The van der Waals surface area contributed by atoms with Crippen molar-refractivity contribution in [2.45, 2.75) is 13.5 Å². The Kier molecular flexibility index (Phi) is 6.51. The summed E-state index contributed by atoms with van der Waals surface area (Å²) < 4.78 is 11.3. The number of nitrogens with zero attached hydrogens (tertiary/aromatic N) is 2. The third-order valence-electron chi connectivity index (χ3n) is 3.46. The van der Waals surface area contributed by atoms with Gasteiger partial charge in [-0.2, -0.15) is 0 Å². The van der Waals surface area contributed by atoms with Gasteiger partial charge in [-0.3, -0.25) is 5.01 Å². The molecule has 0 spiro atoms. The number of carbonyl (C=O) groups excluding carboxylic acids is 1. The molecule has 0 radical (unpaired) electrons. The van der Waals surface area contributed by atoms with Gasteiger partial charge in [0.2, 0.25) is 0 Å². The second-order valence-electron chi connectivity index (χ2n) is 5.35. The van der Waals surface area contributed by atoms with Crippen molar-refractivity contribution in [2.75, 3.05) is 18.7 Å². The number of urea groups is 1. The average molecular weight is 381 g/mol.